The van der Waals surface area contributed by atoms with Gasteiger partial charge in [-0.05, 0) is 6.42 Å². The Bertz CT molecular complexity index is 11.1. The van der Waals surface area contributed by atoms with E-state index in [4.69, 9.17) is 5.11 Å². The first kappa shape index (κ1) is 4.96. The lowest BCUT2D eigenvalue weighted by Crippen LogP contribution is -1.75. The van der Waals surface area contributed by atoms with Crippen molar-refractivity contribution in [3.63, 3.8) is 0 Å². The van der Waals surface area contributed by atoms with Gasteiger partial charge in [-0.2, -0.15) is 0 Å². The summed E-state index contributed by atoms with van der Waals surface area (Å²) in [6, 6.07) is 0. The molecule has 2 N–H and O–H groups in total. The summed E-state index contributed by atoms with van der Waals surface area (Å²) in [7, 11) is 0. The van der Waals surface area contributed by atoms with E-state index < -0.39 is 0 Å². The van der Waals surface area contributed by atoms with Crippen LogP contribution < -0.4 is 0 Å². The molecule has 1 nitrogen and oxygen atoms in total. The summed E-state index contributed by atoms with van der Waals surface area (Å²) in [5.74, 6) is 0. The van der Waals surface area contributed by atoms with Crippen molar-refractivity contribution in [1.82, 2.24) is 0 Å². The molecule has 1 radical (unpaired) electrons. The highest BCUT2D eigenvalue weighted by atomic mass is 16.2. The zero-order valence-electron chi connectivity index (χ0n) is 3.33. The minimum atomic E-state index is 0.531. The van der Waals surface area contributed by atoms with Gasteiger partial charge in [0.25, 0.3) is 0 Å². The minimum absolute atomic E-state index is 0.531. The van der Waals surface area contributed by atoms with Gasteiger partial charge in [0.2, 0.25) is 0 Å². The molecule has 0 aromatic carbocycles. The molecule has 0 saturated heterocycles. The fraction of sp³-hybridized carbons (Fsp3) is 0.750. The molecule has 0 heterocycles. The number of rotatable bonds is 2. The second-order valence-corrected chi connectivity index (χ2v) is 0.957. The maximum atomic E-state index is 6.56. The Balaban J connectivity index is 2.19. The molecule has 0 fully saturated rings. The smallest absolute Gasteiger partial charge is 0.143 e. The van der Waals surface area contributed by atoms with Gasteiger partial charge in [-0.1, -0.05) is 6.92 Å². The third kappa shape index (κ3) is 3.96. The summed E-state index contributed by atoms with van der Waals surface area (Å²) in [6.07, 6.45) is 1.85. The molecule has 0 spiro atoms. The average Bonchev–Trinajstić information content (AvgIpc) is 1.41. The van der Waals surface area contributed by atoms with Gasteiger partial charge in [-0.25, -0.2) is 0 Å². The molecule has 0 amide bonds. The maximum Gasteiger partial charge on any atom is 0.143 e. The van der Waals surface area contributed by atoms with Crippen LogP contribution in [0.25, 0.3) is 0 Å². The fourth-order valence-corrected chi connectivity index (χ4v) is 0.125. The standard InChI is InChI=1S/C4H9O/c1-2-3-4-5/h5H,1-4H2/p+1. The average molecular weight is 74.1 g/mol. The van der Waals surface area contributed by atoms with Gasteiger partial charge in [0.15, 0.2) is 0 Å². The third-order valence-electron chi connectivity index (χ3n) is 0.427. The maximum absolute atomic E-state index is 6.56. The highest BCUT2D eigenvalue weighted by Crippen LogP contribution is 1.78. The van der Waals surface area contributed by atoms with Crippen LogP contribution in [0.1, 0.15) is 12.8 Å². The van der Waals surface area contributed by atoms with Gasteiger partial charge in [-0.3, -0.25) is 0 Å². The summed E-state index contributed by atoms with van der Waals surface area (Å²) in [5.41, 5.74) is 0. The van der Waals surface area contributed by atoms with E-state index in [1.807, 2.05) is 0 Å². The van der Waals surface area contributed by atoms with Crippen molar-refractivity contribution in [3.8, 4) is 0 Å². The van der Waals surface area contributed by atoms with Crippen molar-refractivity contribution in [2.75, 3.05) is 6.61 Å². The lowest BCUT2D eigenvalue weighted by Gasteiger charge is -1.75. The molecule has 0 aromatic heterocycles. The lowest BCUT2D eigenvalue weighted by molar-refractivity contribution is 0.289. The van der Waals surface area contributed by atoms with Gasteiger partial charge in [0.05, 0.1) is 0 Å². The summed E-state index contributed by atoms with van der Waals surface area (Å²) >= 11 is 0. The SMILES string of the molecule is [CH2]CCC[OH2+]. The predicted octanol–water partition coefficient (Wildman–Crippen LogP) is 0.325. The molecule has 0 rings (SSSR count). The first-order valence-corrected chi connectivity index (χ1v) is 1.85. The molecule has 0 aliphatic carbocycles. The molecule has 31 valence electrons. The van der Waals surface area contributed by atoms with Crippen molar-refractivity contribution >= 4 is 0 Å². The van der Waals surface area contributed by atoms with Crippen LogP contribution in [0, 0.1) is 6.92 Å². The Morgan fingerprint density at radius 1 is 1.60 bits per heavy atom. The molecule has 0 aliphatic rings. The quantitative estimate of drug-likeness (QED) is 0.421. The normalized spacial score (nSPS) is 8.40. The Morgan fingerprint density at radius 2 is 2.20 bits per heavy atom. The fourth-order valence-electron chi connectivity index (χ4n) is 0.125. The molecule has 1 heteroatoms. The van der Waals surface area contributed by atoms with E-state index in [9.17, 15) is 0 Å². The van der Waals surface area contributed by atoms with Crippen LogP contribution in [-0.4, -0.2) is 11.7 Å². The number of hydrogen-bond acceptors (Lipinski definition) is 0. The molecule has 5 heavy (non-hydrogen) atoms. The Labute approximate surface area is 32.6 Å². The monoisotopic (exact) mass is 74.1 g/mol. The second-order valence-electron chi connectivity index (χ2n) is 0.957. The van der Waals surface area contributed by atoms with Crippen molar-refractivity contribution in [3.05, 3.63) is 6.92 Å². The molecule has 0 aromatic rings. The first-order valence-electron chi connectivity index (χ1n) is 1.85. The number of unbranched alkanes of at least 4 members (excludes halogenated alkanes) is 1. The van der Waals surface area contributed by atoms with Gasteiger partial charge in [-0.15, -0.1) is 0 Å². The van der Waals surface area contributed by atoms with Crippen LogP contribution >= 0.6 is 0 Å². The summed E-state index contributed by atoms with van der Waals surface area (Å²) < 4.78 is 0. The van der Waals surface area contributed by atoms with Crippen molar-refractivity contribution < 1.29 is 5.11 Å². The second kappa shape index (κ2) is 3.96. The van der Waals surface area contributed by atoms with Crippen LogP contribution in [0.4, 0.5) is 0 Å². The van der Waals surface area contributed by atoms with Crippen LogP contribution in [0.5, 0.6) is 0 Å². The van der Waals surface area contributed by atoms with E-state index in [-0.39, 0.29) is 0 Å². The van der Waals surface area contributed by atoms with E-state index >= 15 is 0 Å². The van der Waals surface area contributed by atoms with Gasteiger partial charge in [0, 0.05) is 6.42 Å². The lowest BCUT2D eigenvalue weighted by atomic mass is 10.4. The summed E-state index contributed by atoms with van der Waals surface area (Å²) in [6.45, 7) is 4.09. The molecular formula is C4H10O+. The van der Waals surface area contributed by atoms with E-state index in [1.54, 1.807) is 0 Å². The van der Waals surface area contributed by atoms with E-state index in [0.29, 0.717) is 6.61 Å². The number of hydrogen-bond donors (Lipinski definition) is 0. The largest absolute Gasteiger partial charge is 0.445 e. The topological polar surface area (TPSA) is 22.9 Å². The van der Waals surface area contributed by atoms with Crippen molar-refractivity contribution in [1.29, 1.82) is 0 Å². The van der Waals surface area contributed by atoms with Gasteiger partial charge >= 0.3 is 0 Å². The van der Waals surface area contributed by atoms with Crippen LogP contribution in [0.3, 0.4) is 0 Å². The van der Waals surface area contributed by atoms with Gasteiger partial charge < -0.3 is 5.11 Å². The highest BCUT2D eigenvalue weighted by molar-refractivity contribution is 4.34. The van der Waals surface area contributed by atoms with Crippen molar-refractivity contribution in [2.24, 2.45) is 0 Å². The Kier molecular flexibility index (Phi) is 3.93. The Hall–Kier alpha value is -0.0400. The van der Waals surface area contributed by atoms with E-state index in [2.05, 4.69) is 6.92 Å². The van der Waals surface area contributed by atoms with Crippen LogP contribution in [-0.2, 0) is 0 Å². The summed E-state index contributed by atoms with van der Waals surface area (Å²) in [5, 5.41) is 6.56. The molecule has 0 aliphatic heterocycles. The molecular weight excluding hydrogens is 64.0 g/mol. The zero-order chi connectivity index (χ0) is 4.12. The van der Waals surface area contributed by atoms with E-state index in [1.165, 1.54) is 0 Å². The molecule has 0 unspecified atom stereocenters. The molecule has 0 atom stereocenters. The Morgan fingerprint density at radius 3 is 2.20 bits per heavy atom. The highest BCUT2D eigenvalue weighted by Gasteiger charge is 1.73. The predicted molar refractivity (Wildman–Crippen MR) is 23.1 cm³/mol. The first-order chi connectivity index (χ1) is 2.41. The summed E-state index contributed by atoms with van der Waals surface area (Å²) in [4.78, 5) is 0. The van der Waals surface area contributed by atoms with Crippen molar-refractivity contribution in [2.45, 2.75) is 12.8 Å². The molecule has 0 bridgehead atoms. The third-order valence-corrected chi connectivity index (χ3v) is 0.427. The van der Waals surface area contributed by atoms with E-state index in [0.717, 1.165) is 12.8 Å². The molecule has 0 saturated carbocycles. The van der Waals surface area contributed by atoms with Crippen LogP contribution in [0.15, 0.2) is 0 Å². The van der Waals surface area contributed by atoms with Crippen LogP contribution in [0.2, 0.25) is 0 Å². The zero-order valence-corrected chi connectivity index (χ0v) is 3.33. The minimum Gasteiger partial charge on any atom is -0.445 e. The van der Waals surface area contributed by atoms with Gasteiger partial charge in [0.1, 0.15) is 6.61 Å².